The summed E-state index contributed by atoms with van der Waals surface area (Å²) in [6, 6.07) is 2.18. The van der Waals surface area contributed by atoms with Crippen LogP contribution in [0.2, 0.25) is 0 Å². The molecule has 15 heavy (non-hydrogen) atoms. The first-order valence-electron chi connectivity index (χ1n) is 5.35. The Balaban J connectivity index is 1.90. The highest BCUT2D eigenvalue weighted by Gasteiger charge is 2.19. The Bertz CT molecular complexity index is 363. The number of hydrogen-bond donors (Lipinski definition) is 0. The van der Waals surface area contributed by atoms with Gasteiger partial charge in [0.05, 0.1) is 12.6 Å². The van der Waals surface area contributed by atoms with Crippen molar-refractivity contribution in [1.29, 1.82) is 5.26 Å². The second-order valence-electron chi connectivity index (χ2n) is 4.26. The molecular formula is C11H16N4. The molecule has 0 radical (unpaired) electrons. The maximum absolute atomic E-state index is 8.58. The fraction of sp³-hybridized carbons (Fsp3) is 0.636. The van der Waals surface area contributed by atoms with Crippen LogP contribution in [-0.4, -0.2) is 34.6 Å². The first-order valence-corrected chi connectivity index (χ1v) is 5.35. The first-order chi connectivity index (χ1) is 7.29. The summed E-state index contributed by atoms with van der Waals surface area (Å²) in [5.41, 5.74) is 0. The van der Waals surface area contributed by atoms with E-state index in [0.717, 1.165) is 19.5 Å². The fourth-order valence-electron chi connectivity index (χ4n) is 2.21. The van der Waals surface area contributed by atoms with Crippen molar-refractivity contribution in [3.8, 4) is 6.07 Å². The van der Waals surface area contributed by atoms with Gasteiger partial charge >= 0.3 is 0 Å². The van der Waals surface area contributed by atoms with E-state index in [1.165, 1.54) is 12.2 Å². The van der Waals surface area contributed by atoms with Crippen LogP contribution in [0.1, 0.15) is 12.2 Å². The molecular weight excluding hydrogens is 188 g/mol. The quantitative estimate of drug-likeness (QED) is 0.687. The van der Waals surface area contributed by atoms with Crippen LogP contribution >= 0.6 is 0 Å². The van der Waals surface area contributed by atoms with E-state index in [1.54, 1.807) is 0 Å². The van der Waals surface area contributed by atoms with Crippen LogP contribution in [0.4, 0.5) is 0 Å². The van der Waals surface area contributed by atoms with Crippen LogP contribution in [-0.2, 0) is 13.0 Å². The van der Waals surface area contributed by atoms with Gasteiger partial charge in [0, 0.05) is 31.9 Å². The van der Waals surface area contributed by atoms with Gasteiger partial charge in [-0.15, -0.1) is 0 Å². The smallest absolute Gasteiger partial charge is 0.108 e. The first kappa shape index (κ1) is 10.2. The summed E-state index contributed by atoms with van der Waals surface area (Å²) in [4.78, 5) is 6.39. The number of imidazole rings is 1. The van der Waals surface area contributed by atoms with Crippen molar-refractivity contribution in [2.75, 3.05) is 20.1 Å². The highest BCUT2D eigenvalue weighted by Crippen LogP contribution is 2.19. The van der Waals surface area contributed by atoms with Gasteiger partial charge in [-0.1, -0.05) is 0 Å². The molecule has 80 valence electrons. The number of hydrogen-bond acceptors (Lipinski definition) is 3. The molecule has 4 heteroatoms. The zero-order valence-corrected chi connectivity index (χ0v) is 9.06. The Labute approximate surface area is 90.1 Å². The van der Waals surface area contributed by atoms with E-state index in [9.17, 15) is 0 Å². The van der Waals surface area contributed by atoms with Crippen molar-refractivity contribution >= 4 is 0 Å². The highest BCUT2D eigenvalue weighted by molar-refractivity contribution is 4.97. The zero-order chi connectivity index (χ0) is 10.7. The second-order valence-corrected chi connectivity index (χ2v) is 4.26. The Hall–Kier alpha value is -1.34. The Morgan fingerprint density at radius 3 is 3.40 bits per heavy atom. The lowest BCUT2D eigenvalue weighted by Crippen LogP contribution is -2.31. The number of aryl methyl sites for hydroxylation is 1. The second kappa shape index (κ2) is 4.45. The average Bonchev–Trinajstić information content (AvgIpc) is 2.65. The lowest BCUT2D eigenvalue weighted by atomic mass is 9.99. The van der Waals surface area contributed by atoms with Crippen LogP contribution in [0.3, 0.4) is 0 Å². The Morgan fingerprint density at radius 2 is 2.60 bits per heavy atom. The number of aromatic nitrogens is 2. The van der Waals surface area contributed by atoms with E-state index in [0.29, 0.717) is 12.5 Å². The van der Waals surface area contributed by atoms with Crippen molar-refractivity contribution in [2.24, 2.45) is 5.92 Å². The molecule has 0 bridgehead atoms. The molecule has 1 unspecified atom stereocenters. The highest BCUT2D eigenvalue weighted by atomic mass is 15.1. The van der Waals surface area contributed by atoms with E-state index >= 15 is 0 Å². The van der Waals surface area contributed by atoms with E-state index in [-0.39, 0.29) is 0 Å². The lowest BCUT2D eigenvalue weighted by Gasteiger charge is -2.26. The molecule has 1 aliphatic rings. The molecule has 0 saturated carbocycles. The van der Waals surface area contributed by atoms with Gasteiger partial charge in [-0.05, 0) is 19.4 Å². The summed E-state index contributed by atoms with van der Waals surface area (Å²) >= 11 is 0. The van der Waals surface area contributed by atoms with Gasteiger partial charge in [-0.25, -0.2) is 4.98 Å². The predicted octanol–water partition coefficient (Wildman–Crippen LogP) is 0.901. The third kappa shape index (κ3) is 2.37. The van der Waals surface area contributed by atoms with Crippen LogP contribution in [0.5, 0.6) is 0 Å². The third-order valence-corrected chi connectivity index (χ3v) is 2.94. The summed E-state index contributed by atoms with van der Waals surface area (Å²) in [7, 11) is 2.01. The van der Waals surface area contributed by atoms with Gasteiger partial charge in [0.1, 0.15) is 5.82 Å². The number of fused-ring (bicyclic) bond motifs is 1. The van der Waals surface area contributed by atoms with Crippen molar-refractivity contribution in [1.82, 2.24) is 14.5 Å². The summed E-state index contributed by atoms with van der Waals surface area (Å²) in [5, 5.41) is 8.58. The topological polar surface area (TPSA) is 44.9 Å². The molecule has 1 atom stereocenters. The molecule has 0 aromatic carbocycles. The van der Waals surface area contributed by atoms with Gasteiger partial charge < -0.3 is 4.57 Å². The maximum atomic E-state index is 8.58. The van der Waals surface area contributed by atoms with Crippen LogP contribution in [0, 0.1) is 17.2 Å². The minimum Gasteiger partial charge on any atom is -0.335 e. The molecule has 0 saturated heterocycles. The van der Waals surface area contributed by atoms with Gasteiger partial charge in [0.25, 0.3) is 0 Å². The summed E-state index contributed by atoms with van der Waals surface area (Å²) < 4.78 is 2.23. The van der Waals surface area contributed by atoms with E-state index in [2.05, 4.69) is 20.5 Å². The van der Waals surface area contributed by atoms with E-state index in [4.69, 9.17) is 5.26 Å². The zero-order valence-electron chi connectivity index (χ0n) is 9.06. The molecule has 0 spiro atoms. The van der Waals surface area contributed by atoms with Crippen molar-refractivity contribution in [3.63, 3.8) is 0 Å². The number of nitrogens with zero attached hydrogens (tertiary/aromatic N) is 4. The normalized spacial score (nSPS) is 19.9. The Kier molecular flexibility index (Phi) is 3.02. The molecule has 2 heterocycles. The monoisotopic (exact) mass is 204 g/mol. The van der Waals surface area contributed by atoms with Gasteiger partial charge in [-0.3, -0.25) is 4.90 Å². The molecule has 2 rings (SSSR count). The molecule has 0 amide bonds. The molecule has 1 aromatic heterocycles. The van der Waals surface area contributed by atoms with Crippen LogP contribution in [0.25, 0.3) is 0 Å². The summed E-state index contributed by atoms with van der Waals surface area (Å²) in [5.74, 6) is 1.86. The maximum Gasteiger partial charge on any atom is 0.108 e. The summed E-state index contributed by atoms with van der Waals surface area (Å²) in [6.07, 6.45) is 6.17. The van der Waals surface area contributed by atoms with E-state index < -0.39 is 0 Å². The summed E-state index contributed by atoms with van der Waals surface area (Å²) in [6.45, 7) is 2.57. The number of nitriles is 1. The molecule has 1 aliphatic heterocycles. The van der Waals surface area contributed by atoms with Gasteiger partial charge in [0.15, 0.2) is 0 Å². The largest absolute Gasteiger partial charge is 0.335 e. The van der Waals surface area contributed by atoms with Crippen molar-refractivity contribution < 1.29 is 0 Å². The van der Waals surface area contributed by atoms with Crippen LogP contribution in [0.15, 0.2) is 12.4 Å². The fourth-order valence-corrected chi connectivity index (χ4v) is 2.21. The Morgan fingerprint density at radius 1 is 1.73 bits per heavy atom. The average molecular weight is 204 g/mol. The van der Waals surface area contributed by atoms with Gasteiger partial charge in [-0.2, -0.15) is 5.26 Å². The minimum atomic E-state index is 0.521. The SMILES string of the molecule is CN(CC#N)CC1CCc2nccn2C1. The van der Waals surface area contributed by atoms with E-state index in [1.807, 2.05) is 19.4 Å². The molecule has 0 fully saturated rings. The minimum absolute atomic E-state index is 0.521. The predicted molar refractivity (Wildman–Crippen MR) is 57.1 cm³/mol. The lowest BCUT2D eigenvalue weighted by molar-refractivity contribution is 0.252. The molecule has 0 aliphatic carbocycles. The number of rotatable bonds is 3. The molecule has 0 N–H and O–H groups in total. The standard InChI is InChI=1S/C11H16N4/c1-14(6-4-12)8-10-2-3-11-13-5-7-15(11)9-10/h5,7,10H,2-3,6,8-9H2,1H3. The van der Waals surface area contributed by atoms with Crippen molar-refractivity contribution in [3.05, 3.63) is 18.2 Å². The van der Waals surface area contributed by atoms with Crippen LogP contribution < -0.4 is 0 Å². The molecule has 4 nitrogen and oxygen atoms in total. The third-order valence-electron chi connectivity index (χ3n) is 2.94. The van der Waals surface area contributed by atoms with Crippen molar-refractivity contribution in [2.45, 2.75) is 19.4 Å². The molecule has 1 aromatic rings. The van der Waals surface area contributed by atoms with Gasteiger partial charge in [0.2, 0.25) is 0 Å².